The van der Waals surface area contributed by atoms with Crippen LogP contribution in [0.3, 0.4) is 0 Å². The average Bonchev–Trinajstić information content (AvgIpc) is 2.77. The van der Waals surface area contributed by atoms with Gasteiger partial charge in [-0.15, -0.1) is 0 Å². The van der Waals surface area contributed by atoms with Gasteiger partial charge in [0.25, 0.3) is 0 Å². The number of carboxylic acids is 6. The Kier molecular flexibility index (Phi) is 24.7. The second-order valence-corrected chi connectivity index (χ2v) is 7.45. The third kappa shape index (κ3) is 24.8. The Labute approximate surface area is 236 Å². The van der Waals surface area contributed by atoms with Crippen molar-refractivity contribution in [2.24, 2.45) is 17.2 Å². The summed E-state index contributed by atoms with van der Waals surface area (Å²) in [6.45, 7) is -0.681. The van der Waals surface area contributed by atoms with Crippen LogP contribution in [0, 0.1) is 16.2 Å². The highest BCUT2D eigenvalue weighted by atomic mass is 16.4. The molecule has 0 rings (SSSR count). The Morgan fingerprint density at radius 2 is 0.881 bits per heavy atom. The van der Waals surface area contributed by atoms with Gasteiger partial charge in [0.05, 0.1) is 6.42 Å². The number of rotatable bonds is 11. The standard InChI is InChI=1S/C6H8O8.3C4H9N3O2.H2O/c7-2(8)1-6(14,5(12)13)3(9)4(10)11;3*1-7(4(5)6)2-3(8)9;/h3,9,14H,1H2,(H,7,8)(H,10,11)(H,12,13);3*2H2,1H3,(H3,5,6)(H,8,9);1H2. The van der Waals surface area contributed by atoms with Gasteiger partial charge in [0.2, 0.25) is 5.60 Å². The van der Waals surface area contributed by atoms with E-state index in [1.54, 1.807) is 0 Å². The molecule has 24 heteroatoms. The molecule has 2 unspecified atom stereocenters. The number of nitrogens with two attached hydrogens (primary N) is 3. The largest absolute Gasteiger partial charge is 0.481 e. The van der Waals surface area contributed by atoms with Crippen LogP contribution >= 0.6 is 0 Å². The first-order chi connectivity index (χ1) is 18.3. The molecule has 24 nitrogen and oxygen atoms in total. The Balaban J connectivity index is -0.000000147. The molecular formula is C18H37N9O15. The van der Waals surface area contributed by atoms with Crippen molar-refractivity contribution in [1.29, 1.82) is 16.2 Å². The normalized spacial score (nSPS) is 11.1. The van der Waals surface area contributed by atoms with Gasteiger partial charge in [0, 0.05) is 21.1 Å². The number of nitrogens with one attached hydrogen (secondary N) is 3. The Morgan fingerprint density at radius 3 is 0.976 bits per heavy atom. The molecule has 19 N–H and O–H groups in total. The Morgan fingerprint density at radius 1 is 0.643 bits per heavy atom. The molecule has 0 aliphatic rings. The molecule has 0 spiro atoms. The first-order valence-corrected chi connectivity index (χ1v) is 10.2. The van der Waals surface area contributed by atoms with Gasteiger partial charge in [-0.2, -0.15) is 0 Å². The van der Waals surface area contributed by atoms with Crippen molar-refractivity contribution in [2.45, 2.75) is 18.1 Å². The molecule has 0 aromatic heterocycles. The van der Waals surface area contributed by atoms with Gasteiger partial charge >= 0.3 is 35.8 Å². The zero-order chi connectivity index (χ0) is 33.8. The van der Waals surface area contributed by atoms with Crippen molar-refractivity contribution in [3.8, 4) is 0 Å². The number of likely N-dealkylation sites (N-methyl/N-ethyl adjacent to an activating group) is 3. The van der Waals surface area contributed by atoms with Gasteiger partial charge in [0.15, 0.2) is 24.0 Å². The van der Waals surface area contributed by atoms with Crippen LogP contribution in [0.25, 0.3) is 0 Å². The summed E-state index contributed by atoms with van der Waals surface area (Å²) in [6, 6.07) is 0. The number of guanidine groups is 3. The van der Waals surface area contributed by atoms with Crippen LogP contribution in [0.2, 0.25) is 0 Å². The second-order valence-electron chi connectivity index (χ2n) is 7.45. The van der Waals surface area contributed by atoms with Gasteiger partial charge in [-0.25, -0.2) is 9.59 Å². The lowest BCUT2D eigenvalue weighted by Gasteiger charge is -2.23. The molecule has 0 fully saturated rings. The van der Waals surface area contributed by atoms with Crippen LogP contribution in [0.1, 0.15) is 6.42 Å². The maximum absolute atomic E-state index is 10.4. The molecule has 0 aromatic rings. The van der Waals surface area contributed by atoms with Gasteiger partial charge in [-0.3, -0.25) is 35.4 Å². The topological polar surface area (TPSA) is 455 Å². The van der Waals surface area contributed by atoms with Gasteiger partial charge in [-0.1, -0.05) is 0 Å². The summed E-state index contributed by atoms with van der Waals surface area (Å²) in [5.74, 6) is -9.57. The molecule has 0 aliphatic heterocycles. The van der Waals surface area contributed by atoms with E-state index < -0.39 is 53.9 Å². The molecule has 0 bridgehead atoms. The molecule has 42 heavy (non-hydrogen) atoms. The van der Waals surface area contributed by atoms with Crippen molar-refractivity contribution in [3.05, 3.63) is 0 Å². The lowest BCUT2D eigenvalue weighted by Crippen LogP contribution is -2.54. The zero-order valence-electron chi connectivity index (χ0n) is 22.5. The molecule has 0 saturated heterocycles. The minimum atomic E-state index is -3.22. The third-order valence-corrected chi connectivity index (χ3v) is 3.83. The van der Waals surface area contributed by atoms with Crippen molar-refractivity contribution in [1.82, 2.24) is 14.7 Å². The Hall–Kier alpha value is -5.49. The maximum atomic E-state index is 10.4. The molecule has 0 aliphatic carbocycles. The van der Waals surface area contributed by atoms with Crippen molar-refractivity contribution in [3.63, 3.8) is 0 Å². The van der Waals surface area contributed by atoms with Gasteiger partial charge < -0.3 is 78.2 Å². The van der Waals surface area contributed by atoms with E-state index in [1.165, 1.54) is 21.1 Å². The number of aliphatic hydroxyl groups excluding tert-OH is 1. The molecule has 0 radical (unpaired) electrons. The summed E-state index contributed by atoms with van der Waals surface area (Å²) in [7, 11) is 4.32. The second kappa shape index (κ2) is 22.3. The molecule has 0 heterocycles. The predicted octanol–water partition coefficient (Wildman–Crippen LogP) is -6.41. The van der Waals surface area contributed by atoms with E-state index in [2.05, 4.69) is 0 Å². The summed E-state index contributed by atoms with van der Waals surface area (Å²) in [6.07, 6.45) is -4.11. The van der Waals surface area contributed by atoms with E-state index in [4.69, 9.17) is 74.3 Å². The third-order valence-electron chi connectivity index (χ3n) is 3.83. The Bertz CT molecular complexity index is 902. The van der Waals surface area contributed by atoms with Crippen LogP contribution in [0.15, 0.2) is 0 Å². The van der Waals surface area contributed by atoms with Crippen LogP contribution in [-0.2, 0) is 28.8 Å². The van der Waals surface area contributed by atoms with Crippen LogP contribution in [0.5, 0.6) is 0 Å². The van der Waals surface area contributed by atoms with Crippen LogP contribution in [0.4, 0.5) is 0 Å². The van der Waals surface area contributed by atoms with Crippen LogP contribution in [-0.4, -0.2) is 167 Å². The van der Waals surface area contributed by atoms with Gasteiger partial charge in [-0.05, 0) is 0 Å². The smallest absolute Gasteiger partial charge is 0.339 e. The molecule has 0 amide bonds. The number of aliphatic carboxylic acids is 6. The molecule has 244 valence electrons. The minimum Gasteiger partial charge on any atom is -0.481 e. The van der Waals surface area contributed by atoms with Crippen molar-refractivity contribution in [2.75, 3.05) is 40.8 Å². The molecular weight excluding hydrogens is 582 g/mol. The number of carbonyl (C=O) groups is 6. The number of aliphatic hydroxyl groups is 2. The lowest BCUT2D eigenvalue weighted by molar-refractivity contribution is -0.187. The summed E-state index contributed by atoms with van der Waals surface area (Å²) < 4.78 is 0. The van der Waals surface area contributed by atoms with E-state index in [-0.39, 0.29) is 43.0 Å². The van der Waals surface area contributed by atoms with E-state index in [1.807, 2.05) is 0 Å². The number of hydrogen-bond donors (Lipinski definition) is 14. The molecule has 0 saturated carbocycles. The highest BCUT2D eigenvalue weighted by molar-refractivity contribution is 5.90. The monoisotopic (exact) mass is 619 g/mol. The van der Waals surface area contributed by atoms with E-state index in [0.717, 1.165) is 14.7 Å². The van der Waals surface area contributed by atoms with Crippen molar-refractivity contribution >= 4 is 53.7 Å². The maximum Gasteiger partial charge on any atom is 0.339 e. The van der Waals surface area contributed by atoms with E-state index in [9.17, 15) is 28.8 Å². The molecule has 0 aromatic carbocycles. The summed E-state index contributed by atoms with van der Waals surface area (Å²) in [5.41, 5.74) is 11.6. The average molecular weight is 620 g/mol. The highest BCUT2D eigenvalue weighted by Crippen LogP contribution is 2.16. The quantitative estimate of drug-likeness (QED) is 0.0754. The van der Waals surface area contributed by atoms with Gasteiger partial charge in [0.1, 0.15) is 19.6 Å². The predicted molar refractivity (Wildman–Crippen MR) is 139 cm³/mol. The number of carboxylic acid groups (broad SMARTS) is 6. The summed E-state index contributed by atoms with van der Waals surface area (Å²) in [5, 5.41) is 87.3. The lowest BCUT2D eigenvalue weighted by atomic mass is 9.93. The number of nitrogens with zero attached hydrogens (tertiary/aromatic N) is 3. The fraction of sp³-hybridized carbons (Fsp3) is 0.500. The SMILES string of the molecule is CN(CC(=O)O)C(=N)N.CN(CC(=O)O)C(=N)N.CN(CC(=O)O)C(=N)N.O.O=C(O)CC(O)(C(=O)O)C(O)C(=O)O. The zero-order valence-corrected chi connectivity index (χ0v) is 22.5. The summed E-state index contributed by atoms with van der Waals surface area (Å²) >= 11 is 0. The number of hydrogen-bond acceptors (Lipinski definition) is 11. The summed E-state index contributed by atoms with van der Waals surface area (Å²) in [4.78, 5) is 63.8. The highest BCUT2D eigenvalue weighted by Gasteiger charge is 2.49. The minimum absolute atomic E-state index is 0. The first kappa shape index (κ1) is 46.4. The fourth-order valence-electron chi connectivity index (χ4n) is 1.59. The first-order valence-electron chi connectivity index (χ1n) is 10.2. The fourth-order valence-corrected chi connectivity index (χ4v) is 1.59. The van der Waals surface area contributed by atoms with Crippen molar-refractivity contribution < 1.29 is 75.1 Å². The van der Waals surface area contributed by atoms with E-state index in [0.29, 0.717) is 0 Å². The molecule has 2 atom stereocenters. The van der Waals surface area contributed by atoms with E-state index >= 15 is 0 Å². The van der Waals surface area contributed by atoms with Crippen LogP contribution < -0.4 is 17.2 Å².